The van der Waals surface area contributed by atoms with Gasteiger partial charge in [-0.25, -0.2) is 8.42 Å². The standard InChI is InChI=1S/C21H26N2O2S/c1-22(26(24,25)17-14-19-10-4-2-5-11-19)18-20-12-6-7-13-21(20)23-15-8-3-9-16-23/h2,4-7,10-14,17H,3,8-9,15-16,18H2,1H3/b17-14+. The Morgan fingerprint density at radius 1 is 0.962 bits per heavy atom. The van der Waals surface area contributed by atoms with Crippen LogP contribution in [0.3, 0.4) is 0 Å². The summed E-state index contributed by atoms with van der Waals surface area (Å²) in [6.45, 7) is 2.46. The van der Waals surface area contributed by atoms with Gasteiger partial charge < -0.3 is 4.90 Å². The summed E-state index contributed by atoms with van der Waals surface area (Å²) in [5, 5.41) is 1.28. The van der Waals surface area contributed by atoms with Gasteiger partial charge in [-0.1, -0.05) is 48.5 Å². The van der Waals surface area contributed by atoms with Crippen molar-refractivity contribution < 1.29 is 8.42 Å². The molecule has 0 saturated carbocycles. The zero-order valence-corrected chi connectivity index (χ0v) is 16.0. The minimum Gasteiger partial charge on any atom is -0.371 e. The van der Waals surface area contributed by atoms with Gasteiger partial charge in [-0.15, -0.1) is 0 Å². The van der Waals surface area contributed by atoms with Crippen LogP contribution in [-0.4, -0.2) is 32.9 Å². The molecule has 4 nitrogen and oxygen atoms in total. The SMILES string of the molecule is CN(Cc1ccccc1N1CCCCC1)S(=O)(=O)/C=C/c1ccccc1. The molecular weight excluding hydrogens is 344 g/mol. The summed E-state index contributed by atoms with van der Waals surface area (Å²) < 4.78 is 26.7. The van der Waals surface area contributed by atoms with Crippen LogP contribution in [0.15, 0.2) is 60.0 Å². The molecule has 0 spiro atoms. The third kappa shape index (κ3) is 4.74. The van der Waals surface area contributed by atoms with E-state index in [4.69, 9.17) is 0 Å². The first-order chi connectivity index (χ1) is 12.6. The van der Waals surface area contributed by atoms with Gasteiger partial charge in [0, 0.05) is 37.8 Å². The van der Waals surface area contributed by atoms with E-state index in [1.807, 2.05) is 48.5 Å². The van der Waals surface area contributed by atoms with Crippen LogP contribution in [0.25, 0.3) is 6.08 Å². The van der Waals surface area contributed by atoms with E-state index in [1.165, 1.54) is 29.0 Å². The van der Waals surface area contributed by atoms with Gasteiger partial charge >= 0.3 is 0 Å². The van der Waals surface area contributed by atoms with E-state index in [0.717, 1.165) is 29.9 Å². The quantitative estimate of drug-likeness (QED) is 0.768. The van der Waals surface area contributed by atoms with Gasteiger partial charge in [0.05, 0.1) is 0 Å². The number of hydrogen-bond donors (Lipinski definition) is 0. The van der Waals surface area contributed by atoms with Gasteiger partial charge in [0.25, 0.3) is 0 Å². The Morgan fingerprint density at radius 3 is 2.35 bits per heavy atom. The summed E-state index contributed by atoms with van der Waals surface area (Å²) in [6, 6.07) is 17.6. The molecule has 0 aromatic heterocycles. The molecule has 0 unspecified atom stereocenters. The minimum atomic E-state index is -3.47. The average Bonchev–Trinajstić information content (AvgIpc) is 2.68. The second-order valence-electron chi connectivity index (χ2n) is 6.69. The van der Waals surface area contributed by atoms with E-state index < -0.39 is 10.0 Å². The van der Waals surface area contributed by atoms with Crippen molar-refractivity contribution in [1.82, 2.24) is 4.31 Å². The van der Waals surface area contributed by atoms with E-state index in [1.54, 1.807) is 13.1 Å². The highest BCUT2D eigenvalue weighted by atomic mass is 32.2. The Morgan fingerprint density at radius 2 is 1.62 bits per heavy atom. The molecule has 3 rings (SSSR count). The van der Waals surface area contributed by atoms with E-state index in [-0.39, 0.29) is 0 Å². The molecule has 5 heteroatoms. The maximum Gasteiger partial charge on any atom is 0.236 e. The number of hydrogen-bond acceptors (Lipinski definition) is 3. The summed E-state index contributed by atoms with van der Waals surface area (Å²) in [5.41, 5.74) is 3.08. The van der Waals surface area contributed by atoms with Crippen molar-refractivity contribution in [2.75, 3.05) is 25.0 Å². The molecule has 1 heterocycles. The molecule has 2 aromatic rings. The fourth-order valence-corrected chi connectivity index (χ4v) is 4.11. The first-order valence-electron chi connectivity index (χ1n) is 9.08. The molecule has 1 aliphatic rings. The highest BCUT2D eigenvalue weighted by Crippen LogP contribution is 2.25. The van der Waals surface area contributed by atoms with Crippen molar-refractivity contribution in [1.29, 1.82) is 0 Å². The third-order valence-electron chi connectivity index (χ3n) is 4.75. The van der Waals surface area contributed by atoms with Crippen LogP contribution in [0.2, 0.25) is 0 Å². The lowest BCUT2D eigenvalue weighted by Gasteiger charge is -2.31. The van der Waals surface area contributed by atoms with Gasteiger partial charge in [0.1, 0.15) is 0 Å². The monoisotopic (exact) mass is 370 g/mol. The first-order valence-corrected chi connectivity index (χ1v) is 10.6. The number of sulfonamides is 1. The van der Waals surface area contributed by atoms with Crippen LogP contribution in [0.1, 0.15) is 30.4 Å². The van der Waals surface area contributed by atoms with Crippen molar-refractivity contribution in [3.05, 3.63) is 71.1 Å². The topological polar surface area (TPSA) is 40.6 Å². The number of benzene rings is 2. The average molecular weight is 371 g/mol. The Bertz CT molecular complexity index is 841. The van der Waals surface area contributed by atoms with E-state index in [2.05, 4.69) is 11.0 Å². The Hall–Kier alpha value is -2.11. The number of rotatable bonds is 6. The molecule has 138 valence electrons. The molecule has 0 atom stereocenters. The van der Waals surface area contributed by atoms with Crippen LogP contribution in [0, 0.1) is 0 Å². The molecule has 26 heavy (non-hydrogen) atoms. The van der Waals surface area contributed by atoms with Crippen molar-refractivity contribution in [3.63, 3.8) is 0 Å². The summed E-state index contributed by atoms with van der Waals surface area (Å²) in [4.78, 5) is 2.37. The summed E-state index contributed by atoms with van der Waals surface area (Å²) in [5.74, 6) is 0. The molecule has 1 fully saturated rings. The Balaban J connectivity index is 1.75. The third-order valence-corrected chi connectivity index (χ3v) is 6.23. The second-order valence-corrected chi connectivity index (χ2v) is 8.62. The molecule has 0 aliphatic carbocycles. The lowest BCUT2D eigenvalue weighted by atomic mass is 10.1. The van der Waals surface area contributed by atoms with Crippen LogP contribution in [0.4, 0.5) is 5.69 Å². The fraction of sp³-hybridized carbons (Fsp3) is 0.333. The molecule has 0 amide bonds. The van der Waals surface area contributed by atoms with Crippen LogP contribution >= 0.6 is 0 Å². The number of nitrogens with zero attached hydrogens (tertiary/aromatic N) is 2. The maximum atomic E-state index is 12.6. The number of piperidine rings is 1. The zero-order valence-electron chi connectivity index (χ0n) is 15.2. The summed E-state index contributed by atoms with van der Waals surface area (Å²) in [6.07, 6.45) is 5.31. The largest absolute Gasteiger partial charge is 0.371 e. The molecule has 0 radical (unpaired) electrons. The highest BCUT2D eigenvalue weighted by Gasteiger charge is 2.19. The summed E-state index contributed by atoms with van der Waals surface area (Å²) >= 11 is 0. The van der Waals surface area contributed by atoms with Crippen LogP contribution in [0.5, 0.6) is 0 Å². The highest BCUT2D eigenvalue weighted by molar-refractivity contribution is 7.92. The smallest absolute Gasteiger partial charge is 0.236 e. The van der Waals surface area contributed by atoms with E-state index in [9.17, 15) is 8.42 Å². The van der Waals surface area contributed by atoms with Crippen molar-refractivity contribution in [2.45, 2.75) is 25.8 Å². The van der Waals surface area contributed by atoms with Crippen LogP contribution < -0.4 is 4.90 Å². The van der Waals surface area contributed by atoms with E-state index in [0.29, 0.717) is 6.54 Å². The van der Waals surface area contributed by atoms with Gasteiger partial charge in [0.2, 0.25) is 10.0 Å². The van der Waals surface area contributed by atoms with Gasteiger partial charge in [0.15, 0.2) is 0 Å². The lowest BCUT2D eigenvalue weighted by molar-refractivity contribution is 0.474. The van der Waals surface area contributed by atoms with Gasteiger partial charge in [-0.3, -0.25) is 0 Å². The maximum absolute atomic E-state index is 12.6. The second kappa shape index (κ2) is 8.52. The summed E-state index contributed by atoms with van der Waals surface area (Å²) in [7, 11) is -1.83. The molecule has 0 bridgehead atoms. The minimum absolute atomic E-state index is 0.369. The fourth-order valence-electron chi connectivity index (χ4n) is 3.25. The Kier molecular flexibility index (Phi) is 6.12. The Labute approximate surface area is 156 Å². The van der Waals surface area contributed by atoms with Crippen molar-refractivity contribution in [2.24, 2.45) is 0 Å². The van der Waals surface area contributed by atoms with E-state index >= 15 is 0 Å². The van der Waals surface area contributed by atoms with Crippen LogP contribution in [-0.2, 0) is 16.6 Å². The predicted molar refractivity (Wildman–Crippen MR) is 108 cm³/mol. The zero-order chi connectivity index (χ0) is 18.4. The lowest BCUT2D eigenvalue weighted by Crippen LogP contribution is -2.31. The molecular formula is C21H26N2O2S. The number of anilines is 1. The molecule has 1 aliphatic heterocycles. The van der Waals surface area contributed by atoms with Gasteiger partial charge in [-0.05, 0) is 42.5 Å². The molecule has 0 N–H and O–H groups in total. The number of para-hydroxylation sites is 1. The predicted octanol–water partition coefficient (Wildman–Crippen LogP) is 4.11. The van der Waals surface area contributed by atoms with Gasteiger partial charge in [-0.2, -0.15) is 4.31 Å². The normalized spacial score (nSPS) is 15.7. The molecule has 2 aromatic carbocycles. The molecule has 1 saturated heterocycles. The first kappa shape index (κ1) is 18.7. The van der Waals surface area contributed by atoms with Crippen molar-refractivity contribution >= 4 is 21.8 Å². The van der Waals surface area contributed by atoms with Crippen molar-refractivity contribution in [3.8, 4) is 0 Å².